The van der Waals surface area contributed by atoms with Crippen LogP contribution in [-0.2, 0) is 0 Å². The highest BCUT2D eigenvalue weighted by Crippen LogP contribution is 2.01. The number of nitrogens with zero attached hydrogens (tertiary/aromatic N) is 1. The Labute approximate surface area is 50.3 Å². The van der Waals surface area contributed by atoms with Crippen molar-refractivity contribution in [3.63, 3.8) is 0 Å². The molecule has 1 heterocycles. The first-order valence-corrected chi connectivity index (χ1v) is 2.95. The average Bonchev–Trinajstić information content (AvgIpc) is 2.19. The zero-order valence-corrected chi connectivity index (χ0v) is 5.01. The van der Waals surface area contributed by atoms with Crippen molar-refractivity contribution in [2.24, 2.45) is 0 Å². The van der Waals surface area contributed by atoms with E-state index >= 15 is 0 Å². The second kappa shape index (κ2) is 2.55. The predicted molar refractivity (Wildman–Crippen MR) is 35.5 cm³/mol. The highest BCUT2D eigenvalue weighted by atomic mass is 15.1. The summed E-state index contributed by atoms with van der Waals surface area (Å²) in [6, 6.07) is 0. The molecule has 0 unspecified atom stereocenters. The van der Waals surface area contributed by atoms with Crippen LogP contribution in [0.5, 0.6) is 0 Å². The molecule has 0 spiro atoms. The summed E-state index contributed by atoms with van der Waals surface area (Å²) in [4.78, 5) is 2.24. The standard InChI is InChI=1S/C7H11N/c1-2-5-8-6-3-4-7-8/h2-3,6H,1,4-5,7H2. The zero-order chi connectivity index (χ0) is 5.82. The minimum Gasteiger partial charge on any atom is -0.374 e. The Morgan fingerprint density at radius 1 is 1.75 bits per heavy atom. The minimum atomic E-state index is 0.997. The normalized spacial score (nSPS) is 17.2. The Kier molecular flexibility index (Phi) is 1.73. The van der Waals surface area contributed by atoms with Gasteiger partial charge in [0.2, 0.25) is 0 Å². The largest absolute Gasteiger partial charge is 0.374 e. The molecule has 0 saturated carbocycles. The van der Waals surface area contributed by atoms with Crippen molar-refractivity contribution < 1.29 is 0 Å². The molecular weight excluding hydrogens is 98.1 g/mol. The van der Waals surface area contributed by atoms with Gasteiger partial charge in [0.25, 0.3) is 0 Å². The highest BCUT2D eigenvalue weighted by molar-refractivity contribution is 4.93. The molecule has 0 amide bonds. The molecule has 0 aliphatic carbocycles. The molecule has 1 nitrogen and oxygen atoms in total. The molecule has 0 aromatic heterocycles. The molecule has 0 N–H and O–H groups in total. The molecule has 0 saturated heterocycles. The van der Waals surface area contributed by atoms with E-state index in [1.54, 1.807) is 0 Å². The van der Waals surface area contributed by atoms with E-state index in [9.17, 15) is 0 Å². The van der Waals surface area contributed by atoms with Crippen LogP contribution >= 0.6 is 0 Å². The van der Waals surface area contributed by atoms with Crippen LogP contribution in [0.1, 0.15) is 6.42 Å². The highest BCUT2D eigenvalue weighted by Gasteiger charge is 1.98. The molecule has 1 aliphatic rings. The minimum absolute atomic E-state index is 0.997. The van der Waals surface area contributed by atoms with E-state index in [1.807, 2.05) is 6.08 Å². The summed E-state index contributed by atoms with van der Waals surface area (Å²) in [6.07, 6.45) is 7.44. The Hall–Kier alpha value is -0.720. The van der Waals surface area contributed by atoms with Crippen molar-refractivity contribution in [1.82, 2.24) is 4.90 Å². The topological polar surface area (TPSA) is 3.24 Å². The quantitative estimate of drug-likeness (QED) is 0.484. The lowest BCUT2D eigenvalue weighted by atomic mass is 10.5. The van der Waals surface area contributed by atoms with Gasteiger partial charge in [-0.1, -0.05) is 12.2 Å². The van der Waals surface area contributed by atoms with Gasteiger partial charge in [0.1, 0.15) is 0 Å². The van der Waals surface area contributed by atoms with E-state index in [4.69, 9.17) is 0 Å². The number of hydrogen-bond donors (Lipinski definition) is 0. The molecule has 0 aromatic rings. The van der Waals surface area contributed by atoms with Gasteiger partial charge in [0, 0.05) is 13.1 Å². The maximum atomic E-state index is 3.65. The molecule has 1 rings (SSSR count). The van der Waals surface area contributed by atoms with E-state index in [0.29, 0.717) is 0 Å². The molecule has 0 fully saturated rings. The lowest BCUT2D eigenvalue weighted by Crippen LogP contribution is -2.13. The van der Waals surface area contributed by atoms with Crippen LogP contribution in [0, 0.1) is 0 Å². The van der Waals surface area contributed by atoms with Gasteiger partial charge >= 0.3 is 0 Å². The van der Waals surface area contributed by atoms with Gasteiger partial charge in [-0.3, -0.25) is 0 Å². The first-order chi connectivity index (χ1) is 3.93. The van der Waals surface area contributed by atoms with Crippen LogP contribution < -0.4 is 0 Å². The molecular formula is C7H11N. The lowest BCUT2D eigenvalue weighted by Gasteiger charge is -2.10. The van der Waals surface area contributed by atoms with Gasteiger partial charge in [-0.25, -0.2) is 0 Å². The van der Waals surface area contributed by atoms with Crippen molar-refractivity contribution in [1.29, 1.82) is 0 Å². The summed E-state index contributed by atoms with van der Waals surface area (Å²) < 4.78 is 0. The van der Waals surface area contributed by atoms with Crippen LogP contribution in [0.15, 0.2) is 24.9 Å². The van der Waals surface area contributed by atoms with Gasteiger partial charge < -0.3 is 4.90 Å². The van der Waals surface area contributed by atoms with Crippen LogP contribution in [-0.4, -0.2) is 18.0 Å². The van der Waals surface area contributed by atoms with Crippen molar-refractivity contribution in [2.75, 3.05) is 13.1 Å². The Morgan fingerprint density at radius 2 is 2.62 bits per heavy atom. The van der Waals surface area contributed by atoms with Crippen molar-refractivity contribution in [3.8, 4) is 0 Å². The van der Waals surface area contributed by atoms with Crippen molar-refractivity contribution in [3.05, 3.63) is 24.9 Å². The fourth-order valence-electron chi connectivity index (χ4n) is 0.856. The molecule has 1 aliphatic heterocycles. The predicted octanol–water partition coefficient (Wildman–Crippen LogP) is 1.39. The Bertz CT molecular complexity index is 105. The third-order valence-electron chi connectivity index (χ3n) is 1.26. The molecule has 44 valence electrons. The monoisotopic (exact) mass is 109 g/mol. The summed E-state index contributed by atoms with van der Waals surface area (Å²) in [7, 11) is 0. The second-order valence-electron chi connectivity index (χ2n) is 1.96. The molecule has 8 heavy (non-hydrogen) atoms. The molecule has 0 radical (unpaired) electrons. The average molecular weight is 109 g/mol. The molecule has 0 atom stereocenters. The lowest BCUT2D eigenvalue weighted by molar-refractivity contribution is 0.451. The Balaban J connectivity index is 2.25. The summed E-state index contributed by atoms with van der Waals surface area (Å²) in [5.41, 5.74) is 0. The van der Waals surface area contributed by atoms with Gasteiger partial charge in [0.15, 0.2) is 0 Å². The molecule has 1 heteroatoms. The fourth-order valence-corrected chi connectivity index (χ4v) is 0.856. The number of rotatable bonds is 2. The first kappa shape index (κ1) is 5.42. The smallest absolute Gasteiger partial charge is 0.0351 e. The zero-order valence-electron chi connectivity index (χ0n) is 5.01. The summed E-state index contributed by atoms with van der Waals surface area (Å²) in [5.74, 6) is 0. The van der Waals surface area contributed by atoms with Gasteiger partial charge in [0.05, 0.1) is 0 Å². The van der Waals surface area contributed by atoms with Crippen LogP contribution in [0.2, 0.25) is 0 Å². The first-order valence-electron chi connectivity index (χ1n) is 2.95. The summed E-state index contributed by atoms with van der Waals surface area (Å²) in [6.45, 7) is 5.82. The maximum absolute atomic E-state index is 3.65. The third kappa shape index (κ3) is 1.12. The van der Waals surface area contributed by atoms with E-state index in [1.165, 1.54) is 13.0 Å². The second-order valence-corrected chi connectivity index (χ2v) is 1.96. The van der Waals surface area contributed by atoms with Crippen LogP contribution in [0.4, 0.5) is 0 Å². The van der Waals surface area contributed by atoms with Gasteiger partial charge in [-0.2, -0.15) is 0 Å². The van der Waals surface area contributed by atoms with E-state index in [0.717, 1.165) is 6.54 Å². The van der Waals surface area contributed by atoms with Crippen molar-refractivity contribution in [2.45, 2.75) is 6.42 Å². The molecule has 0 bridgehead atoms. The Morgan fingerprint density at radius 3 is 3.12 bits per heavy atom. The van der Waals surface area contributed by atoms with E-state index in [-0.39, 0.29) is 0 Å². The fraction of sp³-hybridized carbons (Fsp3) is 0.429. The van der Waals surface area contributed by atoms with Gasteiger partial charge in [-0.15, -0.1) is 6.58 Å². The van der Waals surface area contributed by atoms with Crippen LogP contribution in [0.25, 0.3) is 0 Å². The van der Waals surface area contributed by atoms with E-state index in [2.05, 4.69) is 23.8 Å². The van der Waals surface area contributed by atoms with Gasteiger partial charge in [-0.05, 0) is 12.6 Å². The SMILES string of the molecule is C=CCN1C=CCC1. The van der Waals surface area contributed by atoms with Crippen molar-refractivity contribution >= 4 is 0 Å². The maximum Gasteiger partial charge on any atom is 0.0351 e. The van der Waals surface area contributed by atoms with E-state index < -0.39 is 0 Å². The number of hydrogen-bond acceptors (Lipinski definition) is 1. The van der Waals surface area contributed by atoms with Crippen LogP contribution in [0.3, 0.4) is 0 Å². The third-order valence-corrected chi connectivity index (χ3v) is 1.26. The molecule has 0 aromatic carbocycles. The summed E-state index contributed by atoms with van der Waals surface area (Å²) >= 11 is 0. The summed E-state index contributed by atoms with van der Waals surface area (Å²) in [5, 5.41) is 0.